The van der Waals surface area contributed by atoms with Gasteiger partial charge in [0.2, 0.25) is 5.91 Å². The molecule has 0 fully saturated rings. The Morgan fingerprint density at radius 1 is 1.36 bits per heavy atom. The molecule has 0 unspecified atom stereocenters. The van der Waals surface area contributed by atoms with Crippen LogP contribution < -0.4 is 5.32 Å². The molecule has 116 valence electrons. The summed E-state index contributed by atoms with van der Waals surface area (Å²) < 4.78 is 9.77. The fourth-order valence-electron chi connectivity index (χ4n) is 1.88. The molecule has 1 amide bonds. The van der Waals surface area contributed by atoms with Crippen LogP contribution in [0.15, 0.2) is 30.4 Å². The van der Waals surface area contributed by atoms with Gasteiger partial charge in [0.05, 0.1) is 12.2 Å². The number of hydrogen-bond donors (Lipinski definition) is 1. The van der Waals surface area contributed by atoms with Gasteiger partial charge in [-0.1, -0.05) is 19.4 Å². The highest BCUT2D eigenvalue weighted by molar-refractivity contribution is 6.03. The van der Waals surface area contributed by atoms with Gasteiger partial charge in [-0.2, -0.15) is 0 Å². The average molecular weight is 303 g/mol. The number of esters is 2. The second-order valence-corrected chi connectivity index (χ2v) is 4.79. The fourth-order valence-corrected chi connectivity index (χ4v) is 1.88. The van der Waals surface area contributed by atoms with Gasteiger partial charge in [0.1, 0.15) is 6.61 Å². The molecule has 1 aromatic rings. The van der Waals surface area contributed by atoms with Crippen molar-refractivity contribution in [3.63, 3.8) is 0 Å². The lowest BCUT2D eigenvalue weighted by molar-refractivity contribution is -0.138. The van der Waals surface area contributed by atoms with Crippen LogP contribution in [-0.2, 0) is 25.7 Å². The number of ether oxygens (including phenoxy) is 2. The van der Waals surface area contributed by atoms with Crippen molar-refractivity contribution in [2.45, 2.75) is 26.4 Å². The molecule has 0 spiro atoms. The maximum atomic E-state index is 11.7. The molecule has 1 aliphatic rings. The van der Waals surface area contributed by atoms with E-state index in [1.165, 1.54) is 0 Å². The van der Waals surface area contributed by atoms with E-state index in [9.17, 15) is 14.4 Å². The van der Waals surface area contributed by atoms with Crippen molar-refractivity contribution in [1.29, 1.82) is 0 Å². The van der Waals surface area contributed by atoms with Crippen molar-refractivity contribution in [1.82, 2.24) is 0 Å². The Balaban J connectivity index is 1.88. The highest BCUT2D eigenvalue weighted by atomic mass is 16.5. The van der Waals surface area contributed by atoms with Crippen LogP contribution in [0.25, 0.3) is 0 Å². The van der Waals surface area contributed by atoms with Crippen LogP contribution in [0.2, 0.25) is 0 Å². The summed E-state index contributed by atoms with van der Waals surface area (Å²) in [5.74, 6) is -1.43. The van der Waals surface area contributed by atoms with Crippen LogP contribution in [0, 0.1) is 0 Å². The molecule has 2 rings (SSSR count). The van der Waals surface area contributed by atoms with Gasteiger partial charge < -0.3 is 14.8 Å². The largest absolute Gasteiger partial charge is 0.463 e. The topological polar surface area (TPSA) is 81.7 Å². The van der Waals surface area contributed by atoms with E-state index in [4.69, 9.17) is 9.47 Å². The molecule has 1 N–H and O–H groups in total. The van der Waals surface area contributed by atoms with Crippen molar-refractivity contribution < 1.29 is 23.9 Å². The first kappa shape index (κ1) is 15.8. The lowest BCUT2D eigenvalue weighted by atomic mass is 10.1. The van der Waals surface area contributed by atoms with Crippen molar-refractivity contribution in [2.24, 2.45) is 0 Å². The first-order chi connectivity index (χ1) is 10.6. The van der Waals surface area contributed by atoms with E-state index in [-0.39, 0.29) is 6.61 Å². The standard InChI is InChI=1S/C16H17NO5/c1-2-3-8-21-15(19)7-6-14(18)17-12-5-4-11-10-22-16(20)13(11)9-12/h4-7,9H,2-3,8,10H2,1H3,(H,17,18)/b7-6+. The number of benzene rings is 1. The minimum Gasteiger partial charge on any atom is -0.463 e. The summed E-state index contributed by atoms with van der Waals surface area (Å²) in [6.45, 7) is 2.59. The van der Waals surface area contributed by atoms with Crippen LogP contribution in [0.5, 0.6) is 0 Å². The number of carbonyl (C=O) groups excluding carboxylic acids is 3. The highest BCUT2D eigenvalue weighted by Crippen LogP contribution is 2.23. The minimum atomic E-state index is -0.555. The quantitative estimate of drug-likeness (QED) is 0.495. The Morgan fingerprint density at radius 2 is 2.18 bits per heavy atom. The maximum Gasteiger partial charge on any atom is 0.338 e. The summed E-state index contributed by atoms with van der Waals surface area (Å²) in [6, 6.07) is 4.95. The van der Waals surface area contributed by atoms with Crippen LogP contribution in [0.1, 0.15) is 35.7 Å². The number of cyclic esters (lactones) is 1. The first-order valence-electron chi connectivity index (χ1n) is 7.06. The molecule has 0 saturated carbocycles. The molecule has 1 aromatic carbocycles. The number of fused-ring (bicyclic) bond motifs is 1. The van der Waals surface area contributed by atoms with E-state index in [0.717, 1.165) is 30.6 Å². The summed E-state index contributed by atoms with van der Waals surface area (Å²) in [4.78, 5) is 34.5. The zero-order valence-corrected chi connectivity index (χ0v) is 12.3. The van der Waals surface area contributed by atoms with Crippen LogP contribution in [-0.4, -0.2) is 24.5 Å². The average Bonchev–Trinajstić information content (AvgIpc) is 2.87. The van der Waals surface area contributed by atoms with Gasteiger partial charge in [-0.05, 0) is 18.6 Å². The second kappa shape index (κ2) is 7.40. The number of anilines is 1. The van der Waals surface area contributed by atoms with Crippen molar-refractivity contribution >= 4 is 23.5 Å². The summed E-state index contributed by atoms with van der Waals surface area (Å²) >= 11 is 0. The summed E-state index contributed by atoms with van der Waals surface area (Å²) in [6.07, 6.45) is 3.89. The van der Waals surface area contributed by atoms with Gasteiger partial charge in [-0.15, -0.1) is 0 Å². The predicted octanol–water partition coefficient (Wildman–Crippen LogP) is 2.20. The number of nitrogens with one attached hydrogen (secondary N) is 1. The second-order valence-electron chi connectivity index (χ2n) is 4.79. The van der Waals surface area contributed by atoms with E-state index in [1.807, 2.05) is 6.92 Å². The fraction of sp³-hybridized carbons (Fsp3) is 0.312. The zero-order chi connectivity index (χ0) is 15.9. The molecule has 1 heterocycles. The minimum absolute atomic E-state index is 0.256. The molecule has 1 aliphatic heterocycles. The number of carbonyl (C=O) groups is 3. The number of amides is 1. The van der Waals surface area contributed by atoms with Gasteiger partial charge >= 0.3 is 11.9 Å². The van der Waals surface area contributed by atoms with Gasteiger partial charge in [0.25, 0.3) is 0 Å². The molecule has 6 nitrogen and oxygen atoms in total. The molecule has 0 aromatic heterocycles. The lowest BCUT2D eigenvalue weighted by Gasteiger charge is -2.03. The van der Waals surface area contributed by atoms with E-state index in [0.29, 0.717) is 17.9 Å². The van der Waals surface area contributed by atoms with E-state index >= 15 is 0 Å². The van der Waals surface area contributed by atoms with E-state index in [1.54, 1.807) is 18.2 Å². The Labute approximate surface area is 128 Å². The monoisotopic (exact) mass is 303 g/mol. The van der Waals surface area contributed by atoms with Gasteiger partial charge in [-0.25, -0.2) is 9.59 Å². The Bertz CT molecular complexity index is 621. The Kier molecular flexibility index (Phi) is 5.30. The van der Waals surface area contributed by atoms with Crippen molar-refractivity contribution in [3.05, 3.63) is 41.5 Å². The predicted molar refractivity (Wildman–Crippen MR) is 79.2 cm³/mol. The first-order valence-corrected chi connectivity index (χ1v) is 7.06. The van der Waals surface area contributed by atoms with Crippen LogP contribution in [0.3, 0.4) is 0 Å². The summed E-state index contributed by atoms with van der Waals surface area (Å²) in [5, 5.41) is 2.57. The lowest BCUT2D eigenvalue weighted by Crippen LogP contribution is -2.10. The smallest absolute Gasteiger partial charge is 0.338 e. The molecule has 0 atom stereocenters. The van der Waals surface area contributed by atoms with Gasteiger partial charge in [0.15, 0.2) is 0 Å². The molecule has 22 heavy (non-hydrogen) atoms. The summed E-state index contributed by atoms with van der Waals surface area (Å²) in [5.41, 5.74) is 1.70. The third kappa shape index (κ3) is 4.18. The van der Waals surface area contributed by atoms with E-state index < -0.39 is 17.8 Å². The molecule has 0 aliphatic carbocycles. The van der Waals surface area contributed by atoms with Gasteiger partial charge in [0, 0.05) is 23.4 Å². The third-order valence-electron chi connectivity index (χ3n) is 3.07. The number of rotatable bonds is 6. The Morgan fingerprint density at radius 3 is 2.95 bits per heavy atom. The molecule has 0 radical (unpaired) electrons. The van der Waals surface area contributed by atoms with Crippen LogP contribution in [0.4, 0.5) is 5.69 Å². The molecular weight excluding hydrogens is 286 g/mol. The molecule has 0 saturated heterocycles. The van der Waals surface area contributed by atoms with Crippen molar-refractivity contribution in [2.75, 3.05) is 11.9 Å². The zero-order valence-electron chi connectivity index (χ0n) is 12.3. The third-order valence-corrected chi connectivity index (χ3v) is 3.07. The SMILES string of the molecule is CCCCOC(=O)/C=C/C(=O)Nc1ccc2c(c1)C(=O)OC2. The normalized spacial score (nSPS) is 12.9. The molecule has 6 heteroatoms. The molecule has 0 bridgehead atoms. The Hall–Kier alpha value is -2.63. The number of unbranched alkanes of at least 4 members (excludes halogenated alkanes) is 1. The van der Waals surface area contributed by atoms with E-state index in [2.05, 4.69) is 5.32 Å². The number of hydrogen-bond acceptors (Lipinski definition) is 5. The summed E-state index contributed by atoms with van der Waals surface area (Å²) in [7, 11) is 0. The van der Waals surface area contributed by atoms with Gasteiger partial charge in [-0.3, -0.25) is 4.79 Å². The molecular formula is C16H17NO5. The highest BCUT2D eigenvalue weighted by Gasteiger charge is 2.21. The maximum absolute atomic E-state index is 11.7. The van der Waals surface area contributed by atoms with Crippen molar-refractivity contribution in [3.8, 4) is 0 Å². The van der Waals surface area contributed by atoms with Crippen LogP contribution >= 0.6 is 0 Å².